The van der Waals surface area contributed by atoms with Crippen molar-refractivity contribution < 1.29 is 53.2 Å². The van der Waals surface area contributed by atoms with Crippen LogP contribution in [0.25, 0.3) is 0 Å². The number of aromatic hydroxyl groups is 1. The molecule has 1 heterocycles. The topological polar surface area (TPSA) is 135 Å². The van der Waals surface area contributed by atoms with Crippen molar-refractivity contribution in [2.75, 3.05) is 87.6 Å². The molecule has 3 N–H and O–H groups in total. The van der Waals surface area contributed by atoms with Crippen LogP contribution in [0.4, 0.5) is 0 Å². The van der Waals surface area contributed by atoms with E-state index in [0.29, 0.717) is 42.8 Å². The minimum absolute atomic E-state index is 0.0391. The van der Waals surface area contributed by atoms with Crippen LogP contribution < -0.4 is 23.7 Å². The van der Waals surface area contributed by atoms with Crippen LogP contribution in [0.1, 0.15) is 16.4 Å². The number of phenols is 1. The Balaban J connectivity index is 1.94. The number of aliphatic hydroxyl groups excluding tert-OH is 2. The lowest BCUT2D eigenvalue weighted by Gasteiger charge is -2.36. The summed E-state index contributed by atoms with van der Waals surface area (Å²) in [5.74, 6) is 2.67. The molecule has 230 valence electrons. The summed E-state index contributed by atoms with van der Waals surface area (Å²) in [4.78, 5) is 0. The quantitative estimate of drug-likeness (QED) is 0.212. The second-order valence-electron chi connectivity index (χ2n) is 8.76. The van der Waals surface area contributed by atoms with E-state index in [9.17, 15) is 10.2 Å². The van der Waals surface area contributed by atoms with Crippen LogP contribution in [0.5, 0.6) is 34.5 Å². The Morgan fingerprint density at radius 1 is 0.780 bits per heavy atom. The summed E-state index contributed by atoms with van der Waals surface area (Å²) in [6, 6.07) is 7.34. The van der Waals surface area contributed by atoms with E-state index in [1.807, 2.05) is 12.1 Å². The molecule has 0 amide bonds. The van der Waals surface area contributed by atoms with Crippen LogP contribution in [0.3, 0.4) is 0 Å². The fourth-order valence-corrected chi connectivity index (χ4v) is 8.20. The fraction of sp³-hybridized carbons (Fsp3) is 0.571. The van der Waals surface area contributed by atoms with Crippen molar-refractivity contribution in [1.82, 2.24) is 0 Å². The zero-order valence-electron chi connectivity index (χ0n) is 24.0. The van der Waals surface area contributed by atoms with Crippen molar-refractivity contribution in [2.45, 2.75) is 15.4 Å². The van der Waals surface area contributed by atoms with Crippen LogP contribution in [0.15, 0.2) is 24.3 Å². The van der Waals surface area contributed by atoms with Crippen molar-refractivity contribution in [2.24, 2.45) is 0 Å². The van der Waals surface area contributed by atoms with Gasteiger partial charge in [0.1, 0.15) is 10.2 Å². The minimum atomic E-state index is -0.807. The van der Waals surface area contributed by atoms with Gasteiger partial charge in [0.25, 0.3) is 0 Å². The number of rotatable bonds is 18. The SMILES string of the molecule is COc1cc(C2(C(CO)OCCOCCOCCO)SCC(c3cc(OC)c(OC)c(OC)c3)S2)cc(OC)c1O. The lowest BCUT2D eigenvalue weighted by molar-refractivity contribution is -0.0344. The van der Waals surface area contributed by atoms with Gasteiger partial charge in [0, 0.05) is 11.0 Å². The summed E-state index contributed by atoms with van der Waals surface area (Å²) in [6.07, 6.45) is -0.655. The summed E-state index contributed by atoms with van der Waals surface area (Å²) in [5.41, 5.74) is 1.71. The maximum Gasteiger partial charge on any atom is 0.203 e. The smallest absolute Gasteiger partial charge is 0.203 e. The van der Waals surface area contributed by atoms with E-state index in [0.717, 1.165) is 11.1 Å². The van der Waals surface area contributed by atoms with Crippen LogP contribution in [0, 0.1) is 0 Å². The first-order chi connectivity index (χ1) is 19.9. The van der Waals surface area contributed by atoms with Crippen molar-refractivity contribution in [3.05, 3.63) is 35.4 Å². The van der Waals surface area contributed by atoms with Crippen molar-refractivity contribution >= 4 is 23.5 Å². The molecule has 0 bridgehead atoms. The Bertz CT molecular complexity index is 1050. The second-order valence-corrected chi connectivity index (χ2v) is 11.7. The molecule has 0 spiro atoms. The van der Waals surface area contributed by atoms with E-state index >= 15 is 0 Å². The summed E-state index contributed by atoms with van der Waals surface area (Å²) in [6.45, 7) is 1.20. The van der Waals surface area contributed by atoms with Crippen molar-refractivity contribution in [3.8, 4) is 34.5 Å². The van der Waals surface area contributed by atoms with Gasteiger partial charge in [-0.2, -0.15) is 0 Å². The molecule has 3 rings (SSSR count). The highest BCUT2D eigenvalue weighted by atomic mass is 32.2. The van der Waals surface area contributed by atoms with Crippen LogP contribution in [-0.4, -0.2) is 109 Å². The lowest BCUT2D eigenvalue weighted by Crippen LogP contribution is -2.38. The van der Waals surface area contributed by atoms with Crippen LogP contribution >= 0.6 is 23.5 Å². The first-order valence-corrected chi connectivity index (χ1v) is 14.8. The highest BCUT2D eigenvalue weighted by Crippen LogP contribution is 2.64. The molecule has 0 aromatic heterocycles. The van der Waals surface area contributed by atoms with Gasteiger partial charge in [0.05, 0.1) is 81.8 Å². The number of hydrogen-bond donors (Lipinski definition) is 3. The molecule has 3 atom stereocenters. The molecular weight excluding hydrogens is 576 g/mol. The summed E-state index contributed by atoms with van der Waals surface area (Å²) in [7, 11) is 7.66. The Labute approximate surface area is 249 Å². The molecule has 13 heteroatoms. The zero-order chi connectivity index (χ0) is 29.8. The van der Waals surface area contributed by atoms with Gasteiger partial charge in [-0.05, 0) is 35.4 Å². The van der Waals surface area contributed by atoms with Crippen LogP contribution in [-0.2, 0) is 18.3 Å². The molecule has 41 heavy (non-hydrogen) atoms. The van der Waals surface area contributed by atoms with E-state index in [1.54, 1.807) is 57.0 Å². The third-order valence-corrected chi connectivity index (χ3v) is 10.3. The first kappa shape index (κ1) is 33.2. The van der Waals surface area contributed by atoms with E-state index in [1.165, 1.54) is 14.2 Å². The molecule has 0 radical (unpaired) electrons. The molecule has 1 fully saturated rings. The van der Waals surface area contributed by atoms with Gasteiger partial charge >= 0.3 is 0 Å². The summed E-state index contributed by atoms with van der Waals surface area (Å²) in [5, 5.41) is 29.9. The molecule has 0 aliphatic carbocycles. The van der Waals surface area contributed by atoms with E-state index in [4.69, 9.17) is 43.0 Å². The number of aliphatic hydroxyl groups is 2. The van der Waals surface area contributed by atoms with Gasteiger partial charge in [-0.25, -0.2) is 0 Å². The highest BCUT2D eigenvalue weighted by Gasteiger charge is 2.50. The number of hydrogen-bond acceptors (Lipinski definition) is 13. The van der Waals surface area contributed by atoms with Gasteiger partial charge in [-0.3, -0.25) is 0 Å². The predicted molar refractivity (Wildman–Crippen MR) is 157 cm³/mol. The number of phenolic OH excluding ortho intramolecular Hbond substituents is 1. The van der Waals surface area contributed by atoms with Crippen molar-refractivity contribution in [1.29, 1.82) is 0 Å². The monoisotopic (exact) mass is 616 g/mol. The molecular formula is C28H40O11S2. The maximum absolute atomic E-state index is 10.6. The van der Waals surface area contributed by atoms with E-state index < -0.39 is 10.2 Å². The molecule has 1 aliphatic rings. The third-order valence-electron chi connectivity index (χ3n) is 6.45. The Morgan fingerprint density at radius 2 is 1.34 bits per heavy atom. The van der Waals surface area contributed by atoms with Gasteiger partial charge in [0.15, 0.2) is 23.0 Å². The Kier molecular flexibility index (Phi) is 13.3. The molecule has 1 aliphatic heterocycles. The maximum atomic E-state index is 10.6. The molecule has 0 saturated carbocycles. The van der Waals surface area contributed by atoms with Gasteiger partial charge < -0.3 is 53.2 Å². The van der Waals surface area contributed by atoms with Crippen LogP contribution in [0.2, 0.25) is 0 Å². The van der Waals surface area contributed by atoms with Gasteiger partial charge in [-0.15, -0.1) is 23.5 Å². The average molecular weight is 617 g/mol. The molecule has 1 saturated heterocycles. The second kappa shape index (κ2) is 16.4. The third kappa shape index (κ3) is 7.78. The lowest BCUT2D eigenvalue weighted by atomic mass is 10.0. The number of ether oxygens (including phenoxy) is 8. The predicted octanol–water partition coefficient (Wildman–Crippen LogP) is 3.21. The zero-order valence-corrected chi connectivity index (χ0v) is 25.7. The normalized spacial score (nSPS) is 19.1. The minimum Gasteiger partial charge on any atom is -0.502 e. The van der Waals surface area contributed by atoms with E-state index in [2.05, 4.69) is 0 Å². The van der Waals surface area contributed by atoms with Gasteiger partial charge in [0.2, 0.25) is 11.5 Å². The van der Waals surface area contributed by atoms with Gasteiger partial charge in [-0.1, -0.05) is 0 Å². The largest absolute Gasteiger partial charge is 0.502 e. The fourth-order valence-electron chi connectivity index (χ4n) is 4.45. The molecule has 11 nitrogen and oxygen atoms in total. The summed E-state index contributed by atoms with van der Waals surface area (Å²) >= 11 is 3.24. The Morgan fingerprint density at radius 3 is 1.85 bits per heavy atom. The Hall–Kier alpha value is -2.26. The standard InChI is InChI=1S/C28H40O11S2/c1-32-20-14-19(15-21(33-2)26(20)31)28(25(16-30)39-11-10-38-9-8-37-7-6-29)40-17-24(41-28)18-12-22(34-3)27(36-5)23(13-18)35-4/h12-15,24-25,29-31H,6-11,16-17H2,1-5H3. The number of methoxy groups -OCH3 is 5. The molecule has 2 aromatic carbocycles. The molecule has 3 unspecified atom stereocenters. The first-order valence-electron chi connectivity index (χ1n) is 13.0. The highest BCUT2D eigenvalue weighted by molar-refractivity contribution is 8.20. The summed E-state index contributed by atoms with van der Waals surface area (Å²) < 4.78 is 43.8. The van der Waals surface area contributed by atoms with E-state index in [-0.39, 0.29) is 48.9 Å². The van der Waals surface area contributed by atoms with Crippen molar-refractivity contribution in [3.63, 3.8) is 0 Å². The number of benzene rings is 2. The molecule has 2 aromatic rings. The average Bonchev–Trinajstić information content (AvgIpc) is 3.46. The number of thioether (sulfide) groups is 2.